The van der Waals surface area contributed by atoms with Crippen LogP contribution in [0.1, 0.15) is 67.7 Å². The fourth-order valence-corrected chi connectivity index (χ4v) is 7.21. The molecule has 0 atom stereocenters. The van der Waals surface area contributed by atoms with Crippen molar-refractivity contribution in [2.24, 2.45) is 0 Å². The van der Waals surface area contributed by atoms with E-state index in [-0.39, 0.29) is 4.90 Å². The van der Waals surface area contributed by atoms with E-state index in [1.165, 1.54) is 44.1 Å². The lowest BCUT2D eigenvalue weighted by molar-refractivity contribution is 0.483. The Hall–Kier alpha value is -0.653. The molecule has 0 saturated heterocycles. The maximum atomic E-state index is 11.9. The van der Waals surface area contributed by atoms with Gasteiger partial charge in [-0.3, -0.25) is 4.55 Å². The summed E-state index contributed by atoms with van der Waals surface area (Å²) in [6, 6.07) is 1.11. The summed E-state index contributed by atoms with van der Waals surface area (Å²) < 4.78 is 33.4. The molecule has 1 N–H and O–H groups in total. The molecule has 5 heteroatoms. The first-order valence-corrected chi connectivity index (χ1v) is 11.9. The molecule has 0 aliphatic heterocycles. The van der Waals surface area contributed by atoms with Gasteiger partial charge in [0.2, 0.25) is 0 Å². The van der Waals surface area contributed by atoms with Crippen LogP contribution in [0.2, 0.25) is 6.04 Å². The smallest absolute Gasteiger partial charge is 0.282 e. The summed E-state index contributed by atoms with van der Waals surface area (Å²) in [6.07, 6.45) is 7.55. The number of benzene rings is 1. The van der Waals surface area contributed by atoms with Crippen molar-refractivity contribution in [1.29, 1.82) is 0 Å². The van der Waals surface area contributed by atoms with Gasteiger partial charge in [-0.1, -0.05) is 51.5 Å². The quantitative estimate of drug-likeness (QED) is 0.416. The number of unbranched alkanes of at least 4 members (excludes halogenated alkanes) is 5. The van der Waals surface area contributed by atoms with Crippen molar-refractivity contribution in [2.45, 2.75) is 84.1 Å². The molecule has 0 heterocycles. The highest BCUT2D eigenvalue weighted by atomic mass is 32.2. The van der Waals surface area contributed by atoms with Gasteiger partial charge in [-0.15, -0.1) is 0 Å². The van der Waals surface area contributed by atoms with Crippen LogP contribution < -0.4 is 5.19 Å². The summed E-state index contributed by atoms with van der Waals surface area (Å²) in [4.78, 5) is 0.204. The molecule has 0 aliphatic carbocycles. The van der Waals surface area contributed by atoms with Crippen molar-refractivity contribution >= 4 is 24.8 Å². The van der Waals surface area contributed by atoms with Crippen LogP contribution in [0, 0.1) is 27.7 Å². The van der Waals surface area contributed by atoms with Crippen molar-refractivity contribution in [2.75, 3.05) is 0 Å². The number of hydrogen-bond acceptors (Lipinski definition) is 2. The third-order valence-corrected chi connectivity index (χ3v) is 8.61. The molecule has 0 radical (unpaired) electrons. The summed E-state index contributed by atoms with van der Waals surface area (Å²) >= 11 is 0. The fourth-order valence-electron chi connectivity index (χ4n) is 3.26. The van der Waals surface area contributed by atoms with Gasteiger partial charge in [0.1, 0.15) is 0 Å². The summed E-state index contributed by atoms with van der Waals surface area (Å²) in [5.74, 6) is 0. The van der Waals surface area contributed by atoms with E-state index in [9.17, 15) is 13.0 Å². The average molecular weight is 357 g/mol. The highest BCUT2D eigenvalue weighted by molar-refractivity contribution is 7.86. The molecule has 1 rings (SSSR count). The molecule has 0 unspecified atom stereocenters. The van der Waals surface area contributed by atoms with Crippen LogP contribution in [0.25, 0.3) is 0 Å². The number of hydrogen-bond donors (Lipinski definition) is 1. The second-order valence-corrected chi connectivity index (χ2v) is 9.93. The zero-order valence-corrected chi connectivity index (χ0v) is 17.6. The summed E-state index contributed by atoms with van der Waals surface area (Å²) in [7, 11) is -4.83. The molecule has 23 heavy (non-hydrogen) atoms. The van der Waals surface area contributed by atoms with Gasteiger partial charge in [0.15, 0.2) is 0 Å². The molecule has 0 aliphatic rings. The first kappa shape index (κ1) is 20.4. The van der Waals surface area contributed by atoms with Crippen molar-refractivity contribution in [3.05, 3.63) is 22.3 Å². The zero-order chi connectivity index (χ0) is 17.6. The van der Waals surface area contributed by atoms with Crippen LogP contribution in [0.15, 0.2) is 4.90 Å². The molecular weight excluding hydrogens is 324 g/mol. The maximum Gasteiger partial charge on any atom is 0.294 e. The van der Waals surface area contributed by atoms with E-state index in [0.717, 1.165) is 27.9 Å². The molecule has 1 aromatic carbocycles. The summed E-state index contributed by atoms with van der Waals surface area (Å²) in [5.41, 5.74) is 3.94. The Labute approximate surface area is 144 Å². The van der Waals surface area contributed by atoms with Gasteiger partial charge < -0.3 is 0 Å². The lowest BCUT2D eigenvalue weighted by Gasteiger charge is -2.19. The van der Waals surface area contributed by atoms with E-state index in [0.29, 0.717) is 0 Å². The van der Waals surface area contributed by atoms with Gasteiger partial charge in [-0.2, -0.15) is 8.42 Å². The summed E-state index contributed by atoms with van der Waals surface area (Å²) in [6.45, 7) is 10.0. The Morgan fingerprint density at radius 2 is 1.35 bits per heavy atom. The van der Waals surface area contributed by atoms with Crippen molar-refractivity contribution < 1.29 is 13.0 Å². The largest absolute Gasteiger partial charge is 0.294 e. The Kier molecular flexibility index (Phi) is 7.97. The Balaban J connectivity index is 2.89. The molecule has 132 valence electrons. The fraction of sp³-hybridized carbons (Fsp3) is 0.667. The first-order valence-electron chi connectivity index (χ1n) is 8.78. The minimum atomic E-state index is -4.15. The number of rotatable bonds is 9. The molecular formula is C18H32O3SSi. The highest BCUT2D eigenvalue weighted by Crippen LogP contribution is 2.23. The predicted molar refractivity (Wildman–Crippen MR) is 102 cm³/mol. The minimum Gasteiger partial charge on any atom is -0.282 e. The maximum absolute atomic E-state index is 11.9. The van der Waals surface area contributed by atoms with Crippen molar-refractivity contribution in [1.82, 2.24) is 0 Å². The minimum absolute atomic E-state index is 0.204. The third kappa shape index (κ3) is 5.43. The van der Waals surface area contributed by atoms with E-state index in [1.807, 2.05) is 27.7 Å². The first-order chi connectivity index (χ1) is 10.7. The molecule has 0 amide bonds. The zero-order valence-electron chi connectivity index (χ0n) is 15.3. The molecule has 0 fully saturated rings. The average Bonchev–Trinajstić information content (AvgIpc) is 2.47. The van der Waals surface area contributed by atoms with Crippen molar-refractivity contribution in [3.8, 4) is 0 Å². The van der Waals surface area contributed by atoms with Crippen molar-refractivity contribution in [3.63, 3.8) is 0 Å². The van der Waals surface area contributed by atoms with E-state index in [2.05, 4.69) is 6.92 Å². The predicted octanol–water partition coefficient (Wildman–Crippen LogP) is 3.74. The normalized spacial score (nSPS) is 12.4. The van der Waals surface area contributed by atoms with Crippen LogP contribution in [-0.2, 0) is 10.1 Å². The Morgan fingerprint density at radius 1 is 0.826 bits per heavy atom. The molecule has 0 aromatic heterocycles. The van der Waals surface area contributed by atoms with E-state index in [1.54, 1.807) is 0 Å². The van der Waals surface area contributed by atoms with E-state index < -0.39 is 19.6 Å². The van der Waals surface area contributed by atoms with E-state index in [4.69, 9.17) is 0 Å². The van der Waals surface area contributed by atoms with Crippen LogP contribution in [0.4, 0.5) is 0 Å². The third-order valence-electron chi connectivity index (χ3n) is 5.04. The second-order valence-electron chi connectivity index (χ2n) is 6.65. The molecule has 0 spiro atoms. The molecule has 3 nitrogen and oxygen atoms in total. The van der Waals surface area contributed by atoms with Crippen LogP contribution >= 0.6 is 0 Å². The van der Waals surface area contributed by atoms with Gasteiger partial charge >= 0.3 is 0 Å². The van der Waals surface area contributed by atoms with Gasteiger partial charge in [-0.25, -0.2) is 0 Å². The molecule has 1 aromatic rings. The molecule has 0 saturated carbocycles. The van der Waals surface area contributed by atoms with Crippen LogP contribution in [-0.4, -0.2) is 22.5 Å². The Bertz CT molecular complexity index is 636. The second kappa shape index (κ2) is 8.99. The highest BCUT2D eigenvalue weighted by Gasteiger charge is 2.23. The van der Waals surface area contributed by atoms with Gasteiger partial charge in [0, 0.05) is 0 Å². The van der Waals surface area contributed by atoms with Gasteiger partial charge in [0.05, 0.1) is 14.4 Å². The standard InChI is InChI=1S/C18H32O3SSi/c1-6-7-8-9-10-11-12-23-18-16(5)14(3)13(2)15(4)17(18)22(19,20)21/h6-12,23H2,1-5H3,(H,19,20,21). The topological polar surface area (TPSA) is 54.4 Å². The lowest BCUT2D eigenvalue weighted by atomic mass is 9.99. The van der Waals surface area contributed by atoms with E-state index >= 15 is 0 Å². The molecule has 0 bridgehead atoms. The van der Waals surface area contributed by atoms with Gasteiger partial charge in [-0.05, 0) is 55.1 Å². The van der Waals surface area contributed by atoms with Gasteiger partial charge in [0.25, 0.3) is 10.1 Å². The monoisotopic (exact) mass is 356 g/mol. The lowest BCUT2D eigenvalue weighted by Crippen LogP contribution is -2.28. The SMILES string of the molecule is CCCCCCCC[SiH2]c1c(C)c(C)c(C)c(C)c1S(=O)(=O)O. The summed E-state index contributed by atoms with van der Waals surface area (Å²) in [5, 5.41) is 0.946. The van der Waals surface area contributed by atoms with Crippen LogP contribution in [0.5, 0.6) is 0 Å². The van der Waals surface area contributed by atoms with Crippen LogP contribution in [0.3, 0.4) is 0 Å². The Morgan fingerprint density at radius 3 is 1.91 bits per heavy atom.